The molecule has 1 aromatic heterocycles. The summed E-state index contributed by atoms with van der Waals surface area (Å²) >= 11 is 0. The van der Waals surface area contributed by atoms with Gasteiger partial charge in [0.25, 0.3) is 5.91 Å². The Labute approximate surface area is 98.1 Å². The third-order valence-corrected chi connectivity index (χ3v) is 2.21. The maximum Gasteiger partial charge on any atom is 0.276 e. The van der Waals surface area contributed by atoms with E-state index >= 15 is 0 Å². The molecule has 2 N–H and O–H groups in total. The Balaban J connectivity index is 2.11. The van der Waals surface area contributed by atoms with Crippen LogP contribution in [0.15, 0.2) is 30.3 Å². The fraction of sp³-hybridized carbons (Fsp3) is 0.0833. The van der Waals surface area contributed by atoms with Crippen LogP contribution in [-0.4, -0.2) is 16.1 Å². The summed E-state index contributed by atoms with van der Waals surface area (Å²) in [6.45, 7) is 1.82. The standard InChI is InChI=1S/C12H10N4O/c1-8-6-11(16-15-8)12(17)14-10-4-2-9(7-13)3-5-10/h2-6H,1H3,(H,14,17)(H,15,16). The molecule has 17 heavy (non-hydrogen) atoms. The van der Waals surface area contributed by atoms with Crippen LogP contribution in [0.3, 0.4) is 0 Å². The second kappa shape index (κ2) is 4.49. The van der Waals surface area contributed by atoms with E-state index in [4.69, 9.17) is 5.26 Å². The minimum Gasteiger partial charge on any atom is -0.321 e. The van der Waals surface area contributed by atoms with Crippen molar-refractivity contribution in [3.63, 3.8) is 0 Å². The Hall–Kier alpha value is -2.61. The quantitative estimate of drug-likeness (QED) is 0.819. The lowest BCUT2D eigenvalue weighted by Crippen LogP contribution is -2.12. The average Bonchev–Trinajstić information content (AvgIpc) is 2.77. The van der Waals surface area contributed by atoms with Gasteiger partial charge in [-0.3, -0.25) is 9.89 Å². The van der Waals surface area contributed by atoms with Crippen molar-refractivity contribution in [2.45, 2.75) is 6.92 Å². The highest BCUT2D eigenvalue weighted by atomic mass is 16.1. The molecule has 2 aromatic rings. The number of hydrogen-bond acceptors (Lipinski definition) is 3. The number of anilines is 1. The molecule has 0 saturated heterocycles. The van der Waals surface area contributed by atoms with Gasteiger partial charge in [-0.1, -0.05) is 0 Å². The first-order chi connectivity index (χ1) is 8.19. The minimum atomic E-state index is -0.279. The summed E-state index contributed by atoms with van der Waals surface area (Å²) in [4.78, 5) is 11.7. The Kier molecular flexibility index (Phi) is 2.88. The fourth-order valence-corrected chi connectivity index (χ4v) is 1.36. The molecule has 0 aliphatic carbocycles. The van der Waals surface area contributed by atoms with E-state index in [9.17, 15) is 4.79 Å². The number of carbonyl (C=O) groups excluding carboxylic acids is 1. The molecule has 1 amide bonds. The lowest BCUT2D eigenvalue weighted by Gasteiger charge is -2.02. The molecule has 1 aromatic carbocycles. The Morgan fingerprint density at radius 3 is 2.65 bits per heavy atom. The van der Waals surface area contributed by atoms with Gasteiger partial charge in [-0.15, -0.1) is 0 Å². The van der Waals surface area contributed by atoms with Gasteiger partial charge in [0.2, 0.25) is 0 Å². The fourth-order valence-electron chi connectivity index (χ4n) is 1.36. The Bertz CT molecular complexity index is 577. The van der Waals surface area contributed by atoms with Crippen LogP contribution in [0.1, 0.15) is 21.7 Å². The number of amides is 1. The normalized spacial score (nSPS) is 9.65. The Morgan fingerprint density at radius 1 is 1.41 bits per heavy atom. The number of aromatic nitrogens is 2. The minimum absolute atomic E-state index is 0.279. The number of rotatable bonds is 2. The van der Waals surface area contributed by atoms with Crippen molar-refractivity contribution in [2.75, 3.05) is 5.32 Å². The number of nitrogens with zero attached hydrogens (tertiary/aromatic N) is 2. The number of aryl methyl sites for hydroxylation is 1. The first-order valence-electron chi connectivity index (χ1n) is 5.02. The highest BCUT2D eigenvalue weighted by Gasteiger charge is 2.09. The Morgan fingerprint density at radius 2 is 2.12 bits per heavy atom. The summed E-state index contributed by atoms with van der Waals surface area (Å²) in [5.74, 6) is -0.279. The number of nitriles is 1. The van der Waals surface area contributed by atoms with Gasteiger partial charge in [-0.05, 0) is 37.3 Å². The van der Waals surface area contributed by atoms with E-state index in [2.05, 4.69) is 15.5 Å². The third-order valence-electron chi connectivity index (χ3n) is 2.21. The zero-order chi connectivity index (χ0) is 12.3. The van der Waals surface area contributed by atoms with E-state index in [1.807, 2.05) is 13.0 Å². The molecule has 1 heterocycles. The van der Waals surface area contributed by atoms with Crippen molar-refractivity contribution in [3.05, 3.63) is 47.3 Å². The lowest BCUT2D eigenvalue weighted by atomic mass is 10.2. The van der Waals surface area contributed by atoms with Gasteiger partial charge in [0, 0.05) is 11.4 Å². The molecule has 0 bridgehead atoms. The van der Waals surface area contributed by atoms with E-state index in [1.54, 1.807) is 30.3 Å². The smallest absolute Gasteiger partial charge is 0.276 e. The summed E-state index contributed by atoms with van der Waals surface area (Å²) in [5.41, 5.74) is 2.36. The number of H-pyrrole nitrogens is 1. The molecule has 0 fully saturated rings. The molecule has 5 nitrogen and oxygen atoms in total. The number of nitrogens with one attached hydrogen (secondary N) is 2. The molecule has 0 radical (unpaired) electrons. The second-order valence-electron chi connectivity index (χ2n) is 3.58. The third kappa shape index (κ3) is 2.49. The predicted octanol–water partition coefficient (Wildman–Crippen LogP) is 1.84. The van der Waals surface area contributed by atoms with Crippen LogP contribution >= 0.6 is 0 Å². The van der Waals surface area contributed by atoms with Crippen molar-refractivity contribution in [1.29, 1.82) is 5.26 Å². The van der Waals surface area contributed by atoms with Crippen molar-refractivity contribution >= 4 is 11.6 Å². The van der Waals surface area contributed by atoms with E-state index in [0.29, 0.717) is 16.9 Å². The van der Waals surface area contributed by atoms with Crippen LogP contribution in [-0.2, 0) is 0 Å². The van der Waals surface area contributed by atoms with Crippen molar-refractivity contribution in [2.24, 2.45) is 0 Å². The molecule has 0 saturated carbocycles. The molecule has 0 spiro atoms. The van der Waals surface area contributed by atoms with Crippen molar-refractivity contribution in [1.82, 2.24) is 10.2 Å². The molecular formula is C12H10N4O. The van der Waals surface area contributed by atoms with Crippen LogP contribution in [0.2, 0.25) is 0 Å². The number of carbonyl (C=O) groups is 1. The summed E-state index contributed by atoms with van der Waals surface area (Å²) in [7, 11) is 0. The van der Waals surface area contributed by atoms with E-state index in [-0.39, 0.29) is 5.91 Å². The summed E-state index contributed by atoms with van der Waals surface area (Å²) in [6.07, 6.45) is 0. The molecule has 0 atom stereocenters. The maximum absolute atomic E-state index is 11.7. The van der Waals surface area contributed by atoms with Gasteiger partial charge < -0.3 is 5.32 Å². The molecular weight excluding hydrogens is 216 g/mol. The number of hydrogen-bond donors (Lipinski definition) is 2. The highest BCUT2D eigenvalue weighted by Crippen LogP contribution is 2.10. The van der Waals surface area contributed by atoms with Crippen LogP contribution in [0.5, 0.6) is 0 Å². The van der Waals surface area contributed by atoms with Gasteiger partial charge >= 0.3 is 0 Å². The van der Waals surface area contributed by atoms with E-state index < -0.39 is 0 Å². The monoisotopic (exact) mass is 226 g/mol. The number of aromatic amines is 1. The van der Waals surface area contributed by atoms with E-state index in [1.165, 1.54) is 0 Å². The molecule has 0 aliphatic heterocycles. The zero-order valence-electron chi connectivity index (χ0n) is 9.19. The second-order valence-corrected chi connectivity index (χ2v) is 3.58. The van der Waals surface area contributed by atoms with Crippen LogP contribution in [0, 0.1) is 18.3 Å². The van der Waals surface area contributed by atoms with Gasteiger partial charge in [0.05, 0.1) is 11.6 Å². The van der Waals surface area contributed by atoms with Crippen molar-refractivity contribution < 1.29 is 4.79 Å². The summed E-state index contributed by atoms with van der Waals surface area (Å²) < 4.78 is 0. The van der Waals surface area contributed by atoms with E-state index in [0.717, 1.165) is 5.69 Å². The van der Waals surface area contributed by atoms with Crippen LogP contribution < -0.4 is 5.32 Å². The molecule has 2 rings (SSSR count). The van der Waals surface area contributed by atoms with Crippen LogP contribution in [0.4, 0.5) is 5.69 Å². The topological polar surface area (TPSA) is 81.6 Å². The van der Waals surface area contributed by atoms with Gasteiger partial charge in [-0.2, -0.15) is 10.4 Å². The molecule has 0 unspecified atom stereocenters. The summed E-state index contributed by atoms with van der Waals surface area (Å²) in [6, 6.07) is 10.3. The van der Waals surface area contributed by atoms with Gasteiger partial charge in [0.15, 0.2) is 5.69 Å². The first-order valence-corrected chi connectivity index (χ1v) is 5.02. The average molecular weight is 226 g/mol. The predicted molar refractivity (Wildman–Crippen MR) is 62.4 cm³/mol. The lowest BCUT2D eigenvalue weighted by molar-refractivity contribution is 0.102. The van der Waals surface area contributed by atoms with Crippen LogP contribution in [0.25, 0.3) is 0 Å². The largest absolute Gasteiger partial charge is 0.321 e. The molecule has 0 aliphatic rings. The molecule has 5 heteroatoms. The SMILES string of the molecule is Cc1cc(C(=O)Nc2ccc(C#N)cc2)n[nH]1. The van der Waals surface area contributed by atoms with Crippen molar-refractivity contribution in [3.8, 4) is 6.07 Å². The molecule has 84 valence electrons. The van der Waals surface area contributed by atoms with Gasteiger partial charge in [0.1, 0.15) is 0 Å². The maximum atomic E-state index is 11.7. The zero-order valence-corrected chi connectivity index (χ0v) is 9.19. The summed E-state index contributed by atoms with van der Waals surface area (Å²) in [5, 5.41) is 17.9. The highest BCUT2D eigenvalue weighted by molar-refractivity contribution is 6.02. The first kappa shape index (κ1) is 10.9. The van der Waals surface area contributed by atoms with Gasteiger partial charge in [-0.25, -0.2) is 0 Å². The number of benzene rings is 1.